The molecule has 3 nitrogen and oxygen atoms in total. The smallest absolute Gasteiger partial charge is 0.196 e. The molecule has 0 spiro atoms. The predicted molar refractivity (Wildman–Crippen MR) is 63.5 cm³/mol. The monoisotopic (exact) mass is 232 g/mol. The Morgan fingerprint density at radius 2 is 2.06 bits per heavy atom. The fourth-order valence-corrected chi connectivity index (χ4v) is 1.56. The highest BCUT2D eigenvalue weighted by molar-refractivity contribution is 6.34. The normalized spacial score (nSPS) is 10.1. The van der Waals surface area contributed by atoms with Gasteiger partial charge in [0, 0.05) is 23.5 Å². The van der Waals surface area contributed by atoms with Gasteiger partial charge in [0.15, 0.2) is 5.78 Å². The van der Waals surface area contributed by atoms with Crippen LogP contribution in [0.3, 0.4) is 0 Å². The van der Waals surface area contributed by atoms with Crippen LogP contribution in [0.15, 0.2) is 42.7 Å². The Labute approximate surface area is 97.9 Å². The molecule has 0 bridgehead atoms. The lowest BCUT2D eigenvalue weighted by atomic mass is 10.0. The Morgan fingerprint density at radius 1 is 1.25 bits per heavy atom. The van der Waals surface area contributed by atoms with Crippen LogP contribution in [0.5, 0.6) is 0 Å². The fraction of sp³-hybridized carbons (Fsp3) is 0. The van der Waals surface area contributed by atoms with E-state index in [0.717, 1.165) is 0 Å². The van der Waals surface area contributed by atoms with Crippen LogP contribution in [0, 0.1) is 0 Å². The lowest BCUT2D eigenvalue weighted by molar-refractivity contribution is 0.103. The number of aromatic nitrogens is 1. The number of carbonyl (C=O) groups is 1. The summed E-state index contributed by atoms with van der Waals surface area (Å²) in [4.78, 5) is 15.9. The van der Waals surface area contributed by atoms with E-state index >= 15 is 0 Å². The lowest BCUT2D eigenvalue weighted by Crippen LogP contribution is -2.05. The van der Waals surface area contributed by atoms with Crippen molar-refractivity contribution in [1.29, 1.82) is 0 Å². The van der Waals surface area contributed by atoms with Crippen molar-refractivity contribution < 1.29 is 4.79 Å². The number of hydrogen-bond donors (Lipinski definition) is 1. The van der Waals surface area contributed by atoms with E-state index in [-0.39, 0.29) is 5.78 Å². The Hall–Kier alpha value is -1.87. The average molecular weight is 233 g/mol. The molecule has 80 valence electrons. The molecule has 0 aliphatic carbocycles. The van der Waals surface area contributed by atoms with Gasteiger partial charge < -0.3 is 5.73 Å². The largest absolute Gasteiger partial charge is 0.397 e. The van der Waals surface area contributed by atoms with Crippen LogP contribution < -0.4 is 5.73 Å². The number of hydrogen-bond acceptors (Lipinski definition) is 3. The number of pyridine rings is 1. The van der Waals surface area contributed by atoms with Gasteiger partial charge in [-0.2, -0.15) is 0 Å². The molecule has 1 aromatic heterocycles. The minimum atomic E-state index is -0.173. The van der Waals surface area contributed by atoms with Gasteiger partial charge in [-0.25, -0.2) is 0 Å². The molecule has 2 aromatic rings. The molecule has 1 heterocycles. The topological polar surface area (TPSA) is 56.0 Å². The van der Waals surface area contributed by atoms with E-state index in [2.05, 4.69) is 4.98 Å². The van der Waals surface area contributed by atoms with Gasteiger partial charge in [0.25, 0.3) is 0 Å². The summed E-state index contributed by atoms with van der Waals surface area (Å²) in [6.45, 7) is 0. The molecule has 0 radical (unpaired) electrons. The zero-order chi connectivity index (χ0) is 11.5. The number of anilines is 1. The van der Waals surface area contributed by atoms with Crippen molar-refractivity contribution in [2.75, 3.05) is 5.73 Å². The first-order valence-electron chi connectivity index (χ1n) is 4.69. The molecule has 0 saturated heterocycles. The van der Waals surface area contributed by atoms with Gasteiger partial charge in [0.1, 0.15) is 0 Å². The van der Waals surface area contributed by atoms with Gasteiger partial charge in [-0.1, -0.05) is 17.7 Å². The maximum atomic E-state index is 12.0. The van der Waals surface area contributed by atoms with Gasteiger partial charge in [-0.3, -0.25) is 9.78 Å². The molecule has 0 aliphatic heterocycles. The quantitative estimate of drug-likeness (QED) is 0.640. The van der Waals surface area contributed by atoms with Crippen molar-refractivity contribution in [2.24, 2.45) is 0 Å². The molecule has 4 heteroatoms. The van der Waals surface area contributed by atoms with Gasteiger partial charge in [-0.05, 0) is 24.3 Å². The summed E-state index contributed by atoms with van der Waals surface area (Å²) < 4.78 is 0. The van der Waals surface area contributed by atoms with Crippen molar-refractivity contribution >= 4 is 23.1 Å². The molecular formula is C12H9ClN2O. The summed E-state index contributed by atoms with van der Waals surface area (Å²) >= 11 is 5.85. The molecule has 0 atom stereocenters. The van der Waals surface area contributed by atoms with Crippen LogP contribution in [0.1, 0.15) is 15.9 Å². The predicted octanol–water partition coefficient (Wildman–Crippen LogP) is 2.55. The third-order valence-electron chi connectivity index (χ3n) is 2.22. The highest BCUT2D eigenvalue weighted by Crippen LogP contribution is 2.24. The molecule has 0 fully saturated rings. The third kappa shape index (κ3) is 1.90. The molecule has 0 amide bonds. The molecule has 0 unspecified atom stereocenters. The van der Waals surface area contributed by atoms with Gasteiger partial charge in [0.2, 0.25) is 0 Å². The highest BCUT2D eigenvalue weighted by Gasteiger charge is 2.13. The van der Waals surface area contributed by atoms with Gasteiger partial charge >= 0.3 is 0 Å². The summed E-state index contributed by atoms with van der Waals surface area (Å²) in [6.07, 6.45) is 3.11. The Balaban J connectivity index is 2.46. The zero-order valence-electron chi connectivity index (χ0n) is 8.35. The van der Waals surface area contributed by atoms with E-state index in [1.54, 1.807) is 36.5 Å². The minimum absolute atomic E-state index is 0.173. The van der Waals surface area contributed by atoms with E-state index in [1.165, 1.54) is 6.20 Å². The first-order chi connectivity index (χ1) is 7.70. The number of carbonyl (C=O) groups excluding carboxylic acids is 1. The number of ketones is 1. The van der Waals surface area contributed by atoms with Crippen molar-refractivity contribution in [3.05, 3.63) is 58.9 Å². The maximum Gasteiger partial charge on any atom is 0.196 e. The van der Waals surface area contributed by atoms with Crippen molar-refractivity contribution in [3.63, 3.8) is 0 Å². The van der Waals surface area contributed by atoms with Crippen LogP contribution in [-0.2, 0) is 0 Å². The second-order valence-electron chi connectivity index (χ2n) is 3.27. The maximum absolute atomic E-state index is 12.0. The van der Waals surface area contributed by atoms with E-state index in [9.17, 15) is 4.79 Å². The minimum Gasteiger partial charge on any atom is -0.397 e. The highest BCUT2D eigenvalue weighted by atomic mass is 35.5. The first kappa shape index (κ1) is 10.6. The number of para-hydroxylation sites is 1. The summed E-state index contributed by atoms with van der Waals surface area (Å²) in [5, 5.41) is 0.384. The summed E-state index contributed by atoms with van der Waals surface area (Å²) in [5.41, 5.74) is 6.95. The van der Waals surface area contributed by atoms with Crippen LogP contribution >= 0.6 is 11.6 Å². The molecule has 0 saturated carbocycles. The van der Waals surface area contributed by atoms with Crippen molar-refractivity contribution in [1.82, 2.24) is 4.98 Å². The van der Waals surface area contributed by atoms with Crippen LogP contribution in [0.25, 0.3) is 0 Å². The first-order valence-corrected chi connectivity index (χ1v) is 5.06. The second-order valence-corrected chi connectivity index (χ2v) is 3.68. The Kier molecular flexibility index (Phi) is 2.88. The number of halogens is 1. The Morgan fingerprint density at radius 3 is 2.75 bits per heavy atom. The average Bonchev–Trinajstić information content (AvgIpc) is 2.33. The standard InChI is InChI=1S/C12H9ClN2O/c13-10-5-1-4-9(11(10)14)12(16)8-3-2-6-15-7-8/h1-7H,14H2. The van der Waals surface area contributed by atoms with E-state index in [4.69, 9.17) is 17.3 Å². The molecule has 0 aliphatic rings. The molecular weight excluding hydrogens is 224 g/mol. The van der Waals surface area contributed by atoms with E-state index in [0.29, 0.717) is 21.8 Å². The molecule has 2 rings (SSSR count). The van der Waals surface area contributed by atoms with Crippen molar-refractivity contribution in [3.8, 4) is 0 Å². The Bertz CT molecular complexity index is 526. The molecule has 16 heavy (non-hydrogen) atoms. The van der Waals surface area contributed by atoms with Crippen LogP contribution in [0.2, 0.25) is 5.02 Å². The van der Waals surface area contributed by atoms with Crippen LogP contribution in [-0.4, -0.2) is 10.8 Å². The second kappa shape index (κ2) is 4.33. The number of nitrogens with zero attached hydrogens (tertiary/aromatic N) is 1. The van der Waals surface area contributed by atoms with Crippen molar-refractivity contribution in [2.45, 2.75) is 0 Å². The van der Waals surface area contributed by atoms with E-state index in [1.807, 2.05) is 0 Å². The van der Waals surface area contributed by atoms with Gasteiger partial charge in [0.05, 0.1) is 10.7 Å². The molecule has 2 N–H and O–H groups in total. The van der Waals surface area contributed by atoms with Gasteiger partial charge in [-0.15, -0.1) is 0 Å². The lowest BCUT2D eigenvalue weighted by Gasteiger charge is -2.05. The number of nitrogen functional groups attached to an aromatic ring is 1. The SMILES string of the molecule is Nc1c(Cl)cccc1C(=O)c1cccnc1. The van der Waals surface area contributed by atoms with Crippen LogP contribution in [0.4, 0.5) is 5.69 Å². The number of rotatable bonds is 2. The summed E-state index contributed by atoms with van der Waals surface area (Å²) in [7, 11) is 0. The zero-order valence-corrected chi connectivity index (χ0v) is 9.11. The third-order valence-corrected chi connectivity index (χ3v) is 2.55. The van der Waals surface area contributed by atoms with E-state index < -0.39 is 0 Å². The molecule has 1 aromatic carbocycles. The summed E-state index contributed by atoms with van der Waals surface area (Å²) in [5.74, 6) is -0.173. The summed E-state index contributed by atoms with van der Waals surface area (Å²) in [6, 6.07) is 8.39. The number of benzene rings is 1. The number of nitrogens with two attached hydrogens (primary N) is 1. The fourth-order valence-electron chi connectivity index (χ4n) is 1.39.